The molecular weight excluding hydrogens is 569 g/mol. The summed E-state index contributed by atoms with van der Waals surface area (Å²) in [7, 11) is 0. The highest BCUT2D eigenvalue weighted by molar-refractivity contribution is 6.25. The van der Waals surface area contributed by atoms with Gasteiger partial charge in [-0.1, -0.05) is 151 Å². The number of hydrogen-bond acceptors (Lipinski definition) is 1. The highest BCUT2D eigenvalue weighted by Gasteiger charge is 2.20. The van der Waals surface area contributed by atoms with Crippen LogP contribution in [0.3, 0.4) is 0 Å². The zero-order valence-electron chi connectivity index (χ0n) is 33.0. The first-order chi connectivity index (χ1) is 26.7. The average molecular weight is 605 g/mol. The third-order valence-corrected chi connectivity index (χ3v) is 9.25. The van der Waals surface area contributed by atoms with Crippen LogP contribution in [-0.2, 0) is 0 Å². The SMILES string of the molecule is [2H]c1c([2H])c([2H])c2c(-c3cccc(-c4cc5ccccc5c5oc6c7ccccc7ccc6c45)c3)c3c([2H])c([2H])c([2H])c([2H])c3c(-c3ccccc3)c2c1[2H]. The summed E-state index contributed by atoms with van der Waals surface area (Å²) in [4.78, 5) is 0. The molecule has 1 heteroatoms. The van der Waals surface area contributed by atoms with E-state index in [1.807, 2.05) is 60.7 Å². The van der Waals surface area contributed by atoms with Crippen molar-refractivity contribution in [3.63, 3.8) is 0 Å². The molecule has 0 atom stereocenters. The fraction of sp³-hybridized carbons (Fsp3) is 0. The van der Waals surface area contributed by atoms with Gasteiger partial charge in [0.05, 0.1) is 11.0 Å². The van der Waals surface area contributed by atoms with E-state index in [2.05, 4.69) is 36.4 Å². The highest BCUT2D eigenvalue weighted by Crippen LogP contribution is 2.46. The van der Waals surface area contributed by atoms with Crippen molar-refractivity contribution in [1.29, 1.82) is 0 Å². The Morgan fingerprint density at radius 2 is 0.936 bits per heavy atom. The van der Waals surface area contributed by atoms with Crippen LogP contribution in [0.25, 0.3) is 98.4 Å². The maximum Gasteiger partial charge on any atom is 0.143 e. The van der Waals surface area contributed by atoms with E-state index in [0.717, 1.165) is 54.6 Å². The lowest BCUT2D eigenvalue weighted by Gasteiger charge is -2.18. The summed E-state index contributed by atoms with van der Waals surface area (Å²) in [6, 6.07) is 36.3. The largest absolute Gasteiger partial charge is 0.455 e. The van der Waals surface area contributed by atoms with Crippen LogP contribution in [0.2, 0.25) is 0 Å². The molecule has 1 nitrogen and oxygen atoms in total. The van der Waals surface area contributed by atoms with E-state index < -0.39 is 24.2 Å². The molecule has 0 aliphatic heterocycles. The number of rotatable bonds is 3. The Labute approximate surface area is 283 Å². The van der Waals surface area contributed by atoms with Crippen LogP contribution in [-0.4, -0.2) is 0 Å². The molecule has 47 heavy (non-hydrogen) atoms. The van der Waals surface area contributed by atoms with Crippen molar-refractivity contribution in [2.75, 3.05) is 0 Å². The second-order valence-electron chi connectivity index (χ2n) is 11.8. The summed E-state index contributed by atoms with van der Waals surface area (Å²) in [5, 5.41) is 6.64. The lowest BCUT2D eigenvalue weighted by molar-refractivity contribution is 0.676. The molecule has 0 bridgehead atoms. The minimum atomic E-state index is -0.428. The van der Waals surface area contributed by atoms with Crippen molar-refractivity contribution < 1.29 is 15.4 Å². The molecule has 218 valence electrons. The Balaban J connectivity index is 1.38. The first-order valence-corrected chi connectivity index (χ1v) is 15.5. The topological polar surface area (TPSA) is 13.1 Å². The van der Waals surface area contributed by atoms with Gasteiger partial charge in [-0.2, -0.15) is 0 Å². The van der Waals surface area contributed by atoms with Crippen LogP contribution in [0.5, 0.6) is 0 Å². The standard InChI is InChI=1S/C46H28O/c1-2-14-30(15-3-1)42-36-21-8-10-23-38(36)43(39-24-11-9-22-37(39)42)33-18-12-17-31(27-33)41-28-32-16-5-7-20-35(32)46-44(41)40-26-25-29-13-4-6-19-34(29)45(40)47-46/h1-28H/i8D,9D,10D,11D,21D,22D,23D,24D. The highest BCUT2D eigenvalue weighted by atomic mass is 16.3. The molecule has 10 aromatic rings. The molecule has 0 saturated heterocycles. The van der Waals surface area contributed by atoms with Crippen LogP contribution < -0.4 is 0 Å². The molecule has 1 heterocycles. The smallest absolute Gasteiger partial charge is 0.143 e. The predicted molar refractivity (Wildman–Crippen MR) is 200 cm³/mol. The Morgan fingerprint density at radius 3 is 1.64 bits per heavy atom. The Kier molecular flexibility index (Phi) is 4.19. The molecule has 0 spiro atoms. The zero-order chi connectivity index (χ0) is 37.9. The lowest BCUT2D eigenvalue weighted by Crippen LogP contribution is -1.91. The Morgan fingerprint density at radius 1 is 0.383 bits per heavy atom. The van der Waals surface area contributed by atoms with E-state index in [1.54, 1.807) is 24.3 Å². The summed E-state index contributed by atoms with van der Waals surface area (Å²) >= 11 is 0. The maximum absolute atomic E-state index is 9.33. The van der Waals surface area contributed by atoms with Crippen molar-refractivity contribution in [2.24, 2.45) is 0 Å². The van der Waals surface area contributed by atoms with Gasteiger partial charge < -0.3 is 4.42 Å². The van der Waals surface area contributed by atoms with E-state index >= 15 is 0 Å². The molecule has 0 N–H and O–H groups in total. The molecule has 0 unspecified atom stereocenters. The molecule has 0 radical (unpaired) electrons. The molecule has 10 rings (SSSR count). The summed E-state index contributed by atoms with van der Waals surface area (Å²) in [5.74, 6) is 0. The van der Waals surface area contributed by atoms with Crippen LogP contribution in [0.15, 0.2) is 174 Å². The molecule has 0 fully saturated rings. The van der Waals surface area contributed by atoms with Gasteiger partial charge in [-0.15, -0.1) is 0 Å². The Hall–Kier alpha value is -6.18. The van der Waals surface area contributed by atoms with Gasteiger partial charge >= 0.3 is 0 Å². The van der Waals surface area contributed by atoms with E-state index in [9.17, 15) is 5.48 Å². The predicted octanol–water partition coefficient (Wildman–Crippen LogP) is 13.2. The first kappa shape index (κ1) is 19.4. The van der Waals surface area contributed by atoms with E-state index in [1.165, 1.54) is 0 Å². The molecule has 0 aliphatic carbocycles. The monoisotopic (exact) mass is 604 g/mol. The molecule has 0 amide bonds. The Bertz CT molecular complexity index is 3220. The van der Waals surface area contributed by atoms with Crippen molar-refractivity contribution in [1.82, 2.24) is 0 Å². The van der Waals surface area contributed by atoms with Gasteiger partial charge in [-0.05, 0) is 83.9 Å². The second-order valence-corrected chi connectivity index (χ2v) is 11.8. The van der Waals surface area contributed by atoms with Gasteiger partial charge in [-0.25, -0.2) is 0 Å². The third kappa shape index (κ3) is 3.90. The van der Waals surface area contributed by atoms with Crippen molar-refractivity contribution in [3.8, 4) is 33.4 Å². The molecule has 9 aromatic carbocycles. The normalized spacial score (nSPS) is 14.2. The third-order valence-electron chi connectivity index (χ3n) is 9.25. The van der Waals surface area contributed by atoms with Crippen molar-refractivity contribution in [3.05, 3.63) is 170 Å². The van der Waals surface area contributed by atoms with Crippen LogP contribution in [0.4, 0.5) is 0 Å². The molecule has 1 aromatic heterocycles. The summed E-state index contributed by atoms with van der Waals surface area (Å²) in [6.07, 6.45) is 0. The van der Waals surface area contributed by atoms with Crippen molar-refractivity contribution >= 4 is 65.0 Å². The van der Waals surface area contributed by atoms with Gasteiger partial charge in [0.25, 0.3) is 0 Å². The number of hydrogen-bond donors (Lipinski definition) is 0. The first-order valence-electron chi connectivity index (χ1n) is 19.5. The van der Waals surface area contributed by atoms with Gasteiger partial charge in [0.15, 0.2) is 0 Å². The summed E-state index contributed by atoms with van der Waals surface area (Å²) < 4.78 is 78.9. The fourth-order valence-electron chi connectivity index (χ4n) is 7.22. The van der Waals surface area contributed by atoms with Crippen molar-refractivity contribution in [2.45, 2.75) is 0 Å². The fourth-order valence-corrected chi connectivity index (χ4v) is 7.22. The quantitative estimate of drug-likeness (QED) is 0.183. The van der Waals surface area contributed by atoms with Gasteiger partial charge in [-0.3, -0.25) is 0 Å². The number of fused-ring (bicyclic) bond motifs is 9. The van der Waals surface area contributed by atoms with E-state index in [-0.39, 0.29) is 45.7 Å². The molecule has 0 saturated carbocycles. The summed E-state index contributed by atoms with van der Waals surface area (Å²) in [5.41, 5.74) is 4.98. The average Bonchev–Trinajstić information content (AvgIpc) is 3.63. The van der Waals surface area contributed by atoms with E-state index in [4.69, 9.17) is 9.90 Å². The van der Waals surface area contributed by atoms with Gasteiger partial charge in [0.1, 0.15) is 11.2 Å². The summed E-state index contributed by atoms with van der Waals surface area (Å²) in [6.45, 7) is 0. The number of furan rings is 1. The molecular formula is C46H28O. The van der Waals surface area contributed by atoms with Gasteiger partial charge in [0.2, 0.25) is 0 Å². The minimum absolute atomic E-state index is 0.184. The number of benzene rings is 9. The van der Waals surface area contributed by atoms with Gasteiger partial charge in [0, 0.05) is 21.5 Å². The lowest BCUT2D eigenvalue weighted by atomic mass is 9.85. The zero-order valence-corrected chi connectivity index (χ0v) is 25.0. The minimum Gasteiger partial charge on any atom is -0.455 e. The van der Waals surface area contributed by atoms with E-state index in [0.29, 0.717) is 22.3 Å². The van der Waals surface area contributed by atoms with Crippen LogP contribution >= 0.6 is 0 Å². The second kappa shape index (κ2) is 10.2. The van der Waals surface area contributed by atoms with Crippen LogP contribution in [0.1, 0.15) is 11.0 Å². The molecule has 0 aliphatic rings. The maximum atomic E-state index is 9.33. The van der Waals surface area contributed by atoms with Crippen LogP contribution in [0, 0.1) is 0 Å².